The Kier molecular flexibility index (Phi) is 3.16. The van der Waals surface area contributed by atoms with E-state index in [1.165, 1.54) is 10.4 Å². The number of nitrogens with zero attached hydrogens (tertiary/aromatic N) is 3. The molecule has 2 rings (SSSR count). The monoisotopic (exact) mass is 246 g/mol. The molecular weight excluding hydrogens is 232 g/mol. The van der Waals surface area contributed by atoms with Crippen LogP contribution in [0.3, 0.4) is 0 Å². The van der Waals surface area contributed by atoms with Gasteiger partial charge in [-0.2, -0.15) is 10.4 Å². The van der Waals surface area contributed by atoms with E-state index in [1.807, 2.05) is 14.0 Å². The predicted octanol–water partition coefficient (Wildman–Crippen LogP) is 2.58. The van der Waals surface area contributed by atoms with E-state index in [1.54, 1.807) is 16.0 Å². The molecule has 0 unspecified atom stereocenters. The van der Waals surface area contributed by atoms with Crippen molar-refractivity contribution in [3.8, 4) is 6.07 Å². The van der Waals surface area contributed by atoms with E-state index in [0.717, 1.165) is 18.1 Å². The van der Waals surface area contributed by atoms with Gasteiger partial charge in [0.15, 0.2) is 0 Å². The second-order valence-corrected chi connectivity index (χ2v) is 4.93. The van der Waals surface area contributed by atoms with Crippen LogP contribution in [-0.2, 0) is 13.6 Å². The predicted molar refractivity (Wildman–Crippen MR) is 69.0 cm³/mol. The van der Waals surface area contributed by atoms with Gasteiger partial charge in [0.25, 0.3) is 0 Å². The van der Waals surface area contributed by atoms with Gasteiger partial charge >= 0.3 is 0 Å². The van der Waals surface area contributed by atoms with Gasteiger partial charge in [0.05, 0.1) is 12.2 Å². The highest BCUT2D eigenvalue weighted by Crippen LogP contribution is 2.21. The summed E-state index contributed by atoms with van der Waals surface area (Å²) in [5.74, 6) is 0.790. The molecule has 0 spiro atoms. The summed E-state index contributed by atoms with van der Waals surface area (Å²) in [5, 5.41) is 18.7. The molecule has 0 atom stereocenters. The third-order valence-corrected chi connectivity index (χ3v) is 3.74. The molecule has 0 radical (unpaired) electrons. The van der Waals surface area contributed by atoms with Crippen molar-refractivity contribution in [2.75, 3.05) is 5.32 Å². The molecule has 0 aromatic carbocycles. The van der Waals surface area contributed by atoms with Gasteiger partial charge in [-0.1, -0.05) is 0 Å². The maximum Gasteiger partial charge on any atom is 0.142 e. The SMILES string of the molecule is Cc1ccsc1CNc1c(C#N)c(C)nn1C. The molecule has 2 aromatic heterocycles. The van der Waals surface area contributed by atoms with Crippen LogP contribution in [0.15, 0.2) is 11.4 Å². The van der Waals surface area contributed by atoms with E-state index in [9.17, 15) is 0 Å². The van der Waals surface area contributed by atoms with Crippen LogP contribution in [-0.4, -0.2) is 9.78 Å². The van der Waals surface area contributed by atoms with Crippen LogP contribution >= 0.6 is 11.3 Å². The highest BCUT2D eigenvalue weighted by atomic mass is 32.1. The smallest absolute Gasteiger partial charge is 0.142 e. The summed E-state index contributed by atoms with van der Waals surface area (Å²) in [6.07, 6.45) is 0. The number of aromatic nitrogens is 2. The quantitative estimate of drug-likeness (QED) is 0.905. The van der Waals surface area contributed by atoms with E-state index >= 15 is 0 Å². The first kappa shape index (κ1) is 11.7. The molecule has 0 saturated heterocycles. The van der Waals surface area contributed by atoms with Gasteiger partial charge in [0, 0.05) is 11.9 Å². The standard InChI is InChI=1S/C12H14N4S/c1-8-4-5-17-11(8)7-14-12-10(6-13)9(2)15-16(12)3/h4-5,14H,7H2,1-3H3. The number of aryl methyl sites for hydroxylation is 3. The number of hydrogen-bond acceptors (Lipinski definition) is 4. The van der Waals surface area contributed by atoms with Crippen molar-refractivity contribution in [1.82, 2.24) is 9.78 Å². The van der Waals surface area contributed by atoms with Gasteiger partial charge in [-0.25, -0.2) is 0 Å². The summed E-state index contributed by atoms with van der Waals surface area (Å²) in [6, 6.07) is 4.29. The summed E-state index contributed by atoms with van der Waals surface area (Å²) < 4.78 is 1.72. The van der Waals surface area contributed by atoms with E-state index in [2.05, 4.69) is 34.9 Å². The summed E-state index contributed by atoms with van der Waals surface area (Å²) in [6.45, 7) is 4.67. The first-order valence-electron chi connectivity index (χ1n) is 5.34. The van der Waals surface area contributed by atoms with E-state index in [0.29, 0.717) is 5.56 Å². The van der Waals surface area contributed by atoms with Crippen LogP contribution < -0.4 is 5.32 Å². The van der Waals surface area contributed by atoms with Gasteiger partial charge < -0.3 is 5.32 Å². The van der Waals surface area contributed by atoms with E-state index < -0.39 is 0 Å². The second kappa shape index (κ2) is 4.60. The molecule has 0 aliphatic rings. The molecule has 0 saturated carbocycles. The molecule has 2 heterocycles. The van der Waals surface area contributed by atoms with E-state index in [-0.39, 0.29) is 0 Å². The van der Waals surface area contributed by atoms with Crippen molar-refractivity contribution >= 4 is 17.2 Å². The Morgan fingerprint density at radius 1 is 1.53 bits per heavy atom. The number of hydrogen-bond donors (Lipinski definition) is 1. The Morgan fingerprint density at radius 2 is 2.29 bits per heavy atom. The second-order valence-electron chi connectivity index (χ2n) is 3.92. The fourth-order valence-electron chi connectivity index (χ4n) is 1.74. The molecule has 0 aliphatic carbocycles. The minimum atomic E-state index is 0.627. The number of nitriles is 1. The summed E-state index contributed by atoms with van der Waals surface area (Å²) in [4.78, 5) is 1.28. The number of rotatable bonds is 3. The van der Waals surface area contributed by atoms with Crippen molar-refractivity contribution in [2.45, 2.75) is 20.4 Å². The van der Waals surface area contributed by atoms with Gasteiger partial charge in [-0.3, -0.25) is 4.68 Å². The molecular formula is C12H14N4S. The number of anilines is 1. The minimum absolute atomic E-state index is 0.627. The van der Waals surface area contributed by atoms with Crippen molar-refractivity contribution in [3.63, 3.8) is 0 Å². The van der Waals surface area contributed by atoms with Gasteiger partial charge in [-0.05, 0) is 30.9 Å². The Labute approximate surface area is 105 Å². The molecule has 0 amide bonds. The first-order chi connectivity index (χ1) is 8.13. The van der Waals surface area contributed by atoms with Crippen LogP contribution in [0, 0.1) is 25.2 Å². The lowest BCUT2D eigenvalue weighted by Crippen LogP contribution is -2.05. The topological polar surface area (TPSA) is 53.6 Å². The Balaban J connectivity index is 2.20. The van der Waals surface area contributed by atoms with Crippen LogP contribution in [0.4, 0.5) is 5.82 Å². The third-order valence-electron chi connectivity index (χ3n) is 2.72. The number of nitrogens with one attached hydrogen (secondary N) is 1. The largest absolute Gasteiger partial charge is 0.364 e. The Hall–Kier alpha value is -1.80. The maximum absolute atomic E-state index is 9.08. The average molecular weight is 246 g/mol. The average Bonchev–Trinajstić information content (AvgIpc) is 2.80. The first-order valence-corrected chi connectivity index (χ1v) is 6.22. The zero-order chi connectivity index (χ0) is 12.4. The highest BCUT2D eigenvalue weighted by molar-refractivity contribution is 7.10. The maximum atomic E-state index is 9.08. The molecule has 4 nitrogen and oxygen atoms in total. The third kappa shape index (κ3) is 2.17. The molecule has 5 heteroatoms. The fourth-order valence-corrected chi connectivity index (χ4v) is 2.59. The zero-order valence-electron chi connectivity index (χ0n) is 10.1. The van der Waals surface area contributed by atoms with E-state index in [4.69, 9.17) is 5.26 Å². The fraction of sp³-hybridized carbons (Fsp3) is 0.333. The molecule has 0 aliphatic heterocycles. The molecule has 2 aromatic rings. The van der Waals surface area contributed by atoms with Crippen LogP contribution in [0.1, 0.15) is 21.7 Å². The lowest BCUT2D eigenvalue weighted by molar-refractivity contribution is 0.758. The van der Waals surface area contributed by atoms with Gasteiger partial charge in [0.2, 0.25) is 0 Å². The van der Waals surface area contributed by atoms with Crippen LogP contribution in [0.5, 0.6) is 0 Å². The molecule has 1 N–H and O–H groups in total. The number of thiophene rings is 1. The Bertz CT molecular complexity index is 574. The molecule has 0 fully saturated rings. The molecule has 88 valence electrons. The van der Waals surface area contributed by atoms with Crippen LogP contribution in [0.25, 0.3) is 0 Å². The Morgan fingerprint density at radius 3 is 2.88 bits per heavy atom. The van der Waals surface area contributed by atoms with Gasteiger partial charge in [-0.15, -0.1) is 11.3 Å². The highest BCUT2D eigenvalue weighted by Gasteiger charge is 2.12. The minimum Gasteiger partial charge on any atom is -0.364 e. The summed E-state index contributed by atoms with van der Waals surface area (Å²) in [5.41, 5.74) is 2.67. The van der Waals surface area contributed by atoms with Crippen LogP contribution in [0.2, 0.25) is 0 Å². The van der Waals surface area contributed by atoms with Gasteiger partial charge in [0.1, 0.15) is 17.5 Å². The lowest BCUT2D eigenvalue weighted by Gasteiger charge is -2.06. The summed E-state index contributed by atoms with van der Waals surface area (Å²) in [7, 11) is 1.84. The normalized spacial score (nSPS) is 10.2. The lowest BCUT2D eigenvalue weighted by atomic mass is 10.2. The van der Waals surface area contributed by atoms with Crippen molar-refractivity contribution < 1.29 is 0 Å². The van der Waals surface area contributed by atoms with Crippen molar-refractivity contribution in [1.29, 1.82) is 5.26 Å². The molecule has 0 bridgehead atoms. The molecule has 17 heavy (non-hydrogen) atoms. The summed E-state index contributed by atoms with van der Waals surface area (Å²) >= 11 is 1.72. The van der Waals surface area contributed by atoms with Crippen molar-refractivity contribution in [3.05, 3.63) is 33.1 Å². The van der Waals surface area contributed by atoms with Crippen molar-refractivity contribution in [2.24, 2.45) is 7.05 Å². The zero-order valence-corrected chi connectivity index (χ0v) is 10.9.